The molecule has 1 saturated heterocycles. The molecule has 1 atom stereocenters. The first kappa shape index (κ1) is 12.8. The Hall–Kier alpha value is -1.60. The van der Waals surface area contributed by atoms with E-state index in [9.17, 15) is 5.26 Å². The molecule has 4 nitrogen and oxygen atoms in total. The minimum absolute atomic E-state index is 0.530. The van der Waals surface area contributed by atoms with Gasteiger partial charge in [-0.15, -0.1) is 0 Å². The van der Waals surface area contributed by atoms with Gasteiger partial charge in [0.1, 0.15) is 6.07 Å². The molecular formula is C14H20N4. The lowest BCUT2D eigenvalue weighted by molar-refractivity contribution is 0.433. The van der Waals surface area contributed by atoms with Crippen molar-refractivity contribution in [1.29, 1.82) is 5.26 Å². The lowest BCUT2D eigenvalue weighted by Crippen LogP contribution is -2.41. The van der Waals surface area contributed by atoms with Gasteiger partial charge in [0.2, 0.25) is 0 Å². The van der Waals surface area contributed by atoms with Crippen LogP contribution in [0.1, 0.15) is 31.2 Å². The van der Waals surface area contributed by atoms with Crippen LogP contribution in [-0.2, 0) is 0 Å². The normalized spacial score (nSPS) is 19.6. The third kappa shape index (κ3) is 2.80. The van der Waals surface area contributed by atoms with Crippen LogP contribution in [0.4, 0.5) is 5.69 Å². The van der Waals surface area contributed by atoms with Gasteiger partial charge in [0.25, 0.3) is 0 Å². The number of hydrogen-bond donors (Lipinski definition) is 1. The summed E-state index contributed by atoms with van der Waals surface area (Å²) in [6.45, 7) is 2.05. The van der Waals surface area contributed by atoms with E-state index < -0.39 is 0 Å². The lowest BCUT2D eigenvalue weighted by Gasteiger charge is -2.37. The number of hydrogen-bond acceptors (Lipinski definition) is 4. The van der Waals surface area contributed by atoms with E-state index in [2.05, 4.69) is 21.3 Å². The monoisotopic (exact) mass is 244 g/mol. The molecule has 0 aromatic carbocycles. The van der Waals surface area contributed by atoms with E-state index in [1.807, 2.05) is 13.2 Å². The van der Waals surface area contributed by atoms with Crippen molar-refractivity contribution in [2.75, 3.05) is 25.0 Å². The summed E-state index contributed by atoms with van der Waals surface area (Å²) in [5.41, 5.74) is 1.74. The molecule has 18 heavy (non-hydrogen) atoms. The van der Waals surface area contributed by atoms with Crippen LogP contribution < -0.4 is 10.2 Å². The van der Waals surface area contributed by atoms with Crippen LogP contribution >= 0.6 is 0 Å². The van der Waals surface area contributed by atoms with Crippen LogP contribution in [0.15, 0.2) is 18.5 Å². The molecule has 1 unspecified atom stereocenters. The van der Waals surface area contributed by atoms with Gasteiger partial charge in [0.05, 0.1) is 17.4 Å². The number of pyridine rings is 1. The fraction of sp³-hybridized carbons (Fsp3) is 0.571. The molecule has 0 spiro atoms. The van der Waals surface area contributed by atoms with E-state index in [0.29, 0.717) is 6.04 Å². The number of aromatic nitrogens is 1. The fourth-order valence-corrected chi connectivity index (χ4v) is 2.64. The van der Waals surface area contributed by atoms with Crippen molar-refractivity contribution < 1.29 is 0 Å². The Morgan fingerprint density at radius 3 is 3.22 bits per heavy atom. The van der Waals surface area contributed by atoms with Gasteiger partial charge in [-0.05, 0) is 45.3 Å². The summed E-state index contributed by atoms with van der Waals surface area (Å²) in [5.74, 6) is 0. The molecule has 96 valence electrons. The van der Waals surface area contributed by atoms with Gasteiger partial charge in [-0.2, -0.15) is 5.26 Å². The highest BCUT2D eigenvalue weighted by atomic mass is 15.2. The Morgan fingerprint density at radius 2 is 2.44 bits per heavy atom. The molecule has 1 aromatic rings. The van der Waals surface area contributed by atoms with Gasteiger partial charge in [-0.3, -0.25) is 4.98 Å². The first-order valence-electron chi connectivity index (χ1n) is 6.62. The molecule has 0 bridgehead atoms. The standard InChI is InChI=1S/C14H20N4/c1-16-7-6-13-4-2-3-9-18(13)14-11-17-8-5-12(14)10-15/h5,8,11,13,16H,2-4,6-7,9H2,1H3. The number of anilines is 1. The molecule has 1 aromatic heterocycles. The summed E-state index contributed by atoms with van der Waals surface area (Å²) in [5, 5.41) is 12.4. The predicted molar refractivity (Wildman–Crippen MR) is 72.5 cm³/mol. The Morgan fingerprint density at radius 1 is 1.56 bits per heavy atom. The van der Waals surface area contributed by atoms with E-state index in [4.69, 9.17) is 0 Å². The second kappa shape index (κ2) is 6.36. The maximum Gasteiger partial charge on any atom is 0.101 e. The Balaban J connectivity index is 2.20. The number of rotatable bonds is 4. The van der Waals surface area contributed by atoms with Crippen LogP contribution in [0, 0.1) is 11.3 Å². The van der Waals surface area contributed by atoms with Crippen LogP contribution in [0.3, 0.4) is 0 Å². The summed E-state index contributed by atoms with van der Waals surface area (Å²) in [6.07, 6.45) is 8.34. The fourth-order valence-electron chi connectivity index (χ4n) is 2.64. The van der Waals surface area contributed by atoms with Crippen molar-refractivity contribution in [2.45, 2.75) is 31.7 Å². The Bertz CT molecular complexity index is 424. The van der Waals surface area contributed by atoms with Crippen LogP contribution in [0.25, 0.3) is 0 Å². The van der Waals surface area contributed by atoms with Crippen molar-refractivity contribution in [3.8, 4) is 6.07 Å². The molecule has 4 heteroatoms. The molecule has 1 fully saturated rings. The topological polar surface area (TPSA) is 52.0 Å². The summed E-state index contributed by atoms with van der Waals surface area (Å²) >= 11 is 0. The lowest BCUT2D eigenvalue weighted by atomic mass is 9.98. The Labute approximate surface area is 109 Å². The summed E-state index contributed by atoms with van der Waals surface area (Å²) < 4.78 is 0. The van der Waals surface area contributed by atoms with E-state index >= 15 is 0 Å². The van der Waals surface area contributed by atoms with Crippen LogP contribution in [0.5, 0.6) is 0 Å². The van der Waals surface area contributed by atoms with Crippen molar-refractivity contribution in [2.24, 2.45) is 0 Å². The maximum absolute atomic E-state index is 9.19. The largest absolute Gasteiger partial charge is 0.366 e. The smallest absolute Gasteiger partial charge is 0.101 e. The summed E-state index contributed by atoms with van der Waals surface area (Å²) in [4.78, 5) is 6.54. The Kier molecular flexibility index (Phi) is 4.54. The number of piperidine rings is 1. The molecule has 1 aliphatic heterocycles. The zero-order valence-corrected chi connectivity index (χ0v) is 10.9. The highest BCUT2D eigenvalue weighted by molar-refractivity contribution is 5.58. The van der Waals surface area contributed by atoms with Gasteiger partial charge >= 0.3 is 0 Å². The summed E-state index contributed by atoms with van der Waals surface area (Å²) in [7, 11) is 1.98. The minimum atomic E-state index is 0.530. The van der Waals surface area contributed by atoms with E-state index in [1.54, 1.807) is 12.3 Å². The molecule has 2 heterocycles. The van der Waals surface area contributed by atoms with Crippen molar-refractivity contribution in [1.82, 2.24) is 10.3 Å². The number of nitrogens with zero attached hydrogens (tertiary/aromatic N) is 3. The molecular weight excluding hydrogens is 224 g/mol. The maximum atomic E-state index is 9.19. The zero-order valence-electron chi connectivity index (χ0n) is 10.9. The van der Waals surface area contributed by atoms with Gasteiger partial charge in [0, 0.05) is 18.8 Å². The van der Waals surface area contributed by atoms with Gasteiger partial charge < -0.3 is 10.2 Å². The minimum Gasteiger partial charge on any atom is -0.366 e. The first-order chi connectivity index (χ1) is 8.86. The number of nitriles is 1. The van der Waals surface area contributed by atoms with Gasteiger partial charge in [-0.25, -0.2) is 0 Å². The third-order valence-corrected chi connectivity index (χ3v) is 3.58. The summed E-state index contributed by atoms with van der Waals surface area (Å²) in [6, 6.07) is 4.61. The number of nitrogens with one attached hydrogen (secondary N) is 1. The third-order valence-electron chi connectivity index (χ3n) is 3.58. The average molecular weight is 244 g/mol. The highest BCUT2D eigenvalue weighted by Gasteiger charge is 2.24. The quantitative estimate of drug-likeness (QED) is 0.879. The van der Waals surface area contributed by atoms with Crippen molar-refractivity contribution >= 4 is 5.69 Å². The van der Waals surface area contributed by atoms with Crippen molar-refractivity contribution in [3.05, 3.63) is 24.0 Å². The first-order valence-corrected chi connectivity index (χ1v) is 6.62. The highest BCUT2D eigenvalue weighted by Crippen LogP contribution is 2.28. The molecule has 1 aliphatic rings. The molecule has 0 amide bonds. The SMILES string of the molecule is CNCCC1CCCCN1c1cnccc1C#N. The van der Waals surface area contributed by atoms with Gasteiger partial charge in [0.15, 0.2) is 0 Å². The van der Waals surface area contributed by atoms with Gasteiger partial charge in [-0.1, -0.05) is 0 Å². The van der Waals surface area contributed by atoms with Crippen molar-refractivity contribution in [3.63, 3.8) is 0 Å². The molecule has 0 saturated carbocycles. The second-order valence-electron chi connectivity index (χ2n) is 4.74. The van der Waals surface area contributed by atoms with E-state index in [0.717, 1.165) is 30.8 Å². The molecule has 2 rings (SSSR count). The molecule has 0 aliphatic carbocycles. The van der Waals surface area contributed by atoms with Crippen LogP contribution in [0.2, 0.25) is 0 Å². The predicted octanol–water partition coefficient (Wildman–Crippen LogP) is 1.92. The van der Waals surface area contributed by atoms with Crippen LogP contribution in [-0.4, -0.2) is 31.2 Å². The molecule has 1 N–H and O–H groups in total. The zero-order chi connectivity index (χ0) is 12.8. The molecule has 0 radical (unpaired) electrons. The second-order valence-corrected chi connectivity index (χ2v) is 4.74. The average Bonchev–Trinajstić information content (AvgIpc) is 2.45. The van der Waals surface area contributed by atoms with E-state index in [1.165, 1.54) is 19.3 Å². The van der Waals surface area contributed by atoms with E-state index in [-0.39, 0.29) is 0 Å².